The zero-order valence-corrected chi connectivity index (χ0v) is 8.05. The molecule has 0 aromatic carbocycles. The van der Waals surface area contributed by atoms with Crippen molar-refractivity contribution in [3.63, 3.8) is 0 Å². The Bertz CT molecular complexity index is 138. The number of hydrogen-bond donors (Lipinski definition) is 1. The molecular weight excluding hydrogens is 148 g/mol. The van der Waals surface area contributed by atoms with Gasteiger partial charge in [0.05, 0.1) is 0 Å². The number of likely N-dealkylation sites (tertiary alicyclic amines) is 1. The minimum Gasteiger partial charge on any atom is -0.315 e. The van der Waals surface area contributed by atoms with Crippen LogP contribution in [0.4, 0.5) is 0 Å². The first-order valence-corrected chi connectivity index (χ1v) is 5.31. The number of hydrogen-bond acceptors (Lipinski definition) is 2. The highest BCUT2D eigenvalue weighted by molar-refractivity contribution is 4.83. The lowest BCUT2D eigenvalue weighted by atomic mass is 10.1. The van der Waals surface area contributed by atoms with Crippen LogP contribution in [-0.2, 0) is 0 Å². The zero-order valence-electron chi connectivity index (χ0n) is 8.05. The van der Waals surface area contributed by atoms with Crippen LogP contribution in [0.3, 0.4) is 0 Å². The Kier molecular flexibility index (Phi) is 2.66. The highest BCUT2D eigenvalue weighted by Gasteiger charge is 2.26. The minimum atomic E-state index is 0.851. The SMILES string of the molecule is CC1CCN([C@H]2CCCNC2)C1. The number of nitrogens with zero attached hydrogens (tertiary/aromatic N) is 1. The topological polar surface area (TPSA) is 15.3 Å². The second-order valence-electron chi connectivity index (χ2n) is 4.39. The smallest absolute Gasteiger partial charge is 0.0221 e. The highest BCUT2D eigenvalue weighted by atomic mass is 15.2. The molecule has 0 aliphatic carbocycles. The molecule has 2 nitrogen and oxygen atoms in total. The Morgan fingerprint density at radius 2 is 2.25 bits per heavy atom. The monoisotopic (exact) mass is 168 g/mol. The van der Waals surface area contributed by atoms with Gasteiger partial charge in [0.2, 0.25) is 0 Å². The maximum atomic E-state index is 3.48. The van der Waals surface area contributed by atoms with E-state index in [1.165, 1.54) is 45.4 Å². The van der Waals surface area contributed by atoms with E-state index in [1.807, 2.05) is 0 Å². The molecule has 0 radical (unpaired) electrons. The second kappa shape index (κ2) is 3.75. The van der Waals surface area contributed by atoms with Crippen LogP contribution in [0.5, 0.6) is 0 Å². The van der Waals surface area contributed by atoms with Crippen molar-refractivity contribution in [2.45, 2.75) is 32.2 Å². The van der Waals surface area contributed by atoms with Gasteiger partial charge in [0, 0.05) is 19.1 Å². The summed E-state index contributed by atoms with van der Waals surface area (Å²) in [6.45, 7) is 7.52. The molecule has 2 heteroatoms. The van der Waals surface area contributed by atoms with Crippen molar-refractivity contribution in [3.05, 3.63) is 0 Å². The fourth-order valence-electron chi connectivity index (χ4n) is 2.45. The first kappa shape index (κ1) is 8.52. The molecular formula is C10H20N2. The Morgan fingerprint density at radius 1 is 1.33 bits per heavy atom. The van der Waals surface area contributed by atoms with Gasteiger partial charge in [-0.2, -0.15) is 0 Å². The third-order valence-corrected chi connectivity index (χ3v) is 3.24. The Morgan fingerprint density at radius 3 is 2.83 bits per heavy atom. The molecule has 2 heterocycles. The normalized spacial score (nSPS) is 38.8. The van der Waals surface area contributed by atoms with E-state index in [0.29, 0.717) is 0 Å². The van der Waals surface area contributed by atoms with Crippen LogP contribution in [0.2, 0.25) is 0 Å². The van der Waals surface area contributed by atoms with Gasteiger partial charge in [-0.25, -0.2) is 0 Å². The molecule has 0 bridgehead atoms. The van der Waals surface area contributed by atoms with E-state index in [1.54, 1.807) is 0 Å². The fourth-order valence-corrected chi connectivity index (χ4v) is 2.45. The predicted molar refractivity (Wildman–Crippen MR) is 51.2 cm³/mol. The van der Waals surface area contributed by atoms with Crippen molar-refractivity contribution in [2.75, 3.05) is 26.2 Å². The van der Waals surface area contributed by atoms with E-state index in [2.05, 4.69) is 17.1 Å². The van der Waals surface area contributed by atoms with Gasteiger partial charge in [0.15, 0.2) is 0 Å². The highest BCUT2D eigenvalue weighted by Crippen LogP contribution is 2.20. The van der Waals surface area contributed by atoms with Crippen LogP contribution < -0.4 is 5.32 Å². The van der Waals surface area contributed by atoms with Crippen LogP contribution in [0, 0.1) is 5.92 Å². The molecule has 2 saturated heterocycles. The molecule has 2 aliphatic rings. The molecule has 0 amide bonds. The Hall–Kier alpha value is -0.0800. The van der Waals surface area contributed by atoms with Gasteiger partial charge in [-0.1, -0.05) is 6.92 Å². The summed E-state index contributed by atoms with van der Waals surface area (Å²) < 4.78 is 0. The molecule has 2 rings (SSSR count). The molecule has 0 spiro atoms. The van der Waals surface area contributed by atoms with Crippen molar-refractivity contribution in [1.82, 2.24) is 10.2 Å². The van der Waals surface area contributed by atoms with Crippen LogP contribution in [0.25, 0.3) is 0 Å². The summed E-state index contributed by atoms with van der Waals surface area (Å²) in [5.74, 6) is 0.937. The van der Waals surface area contributed by atoms with Gasteiger partial charge in [0.25, 0.3) is 0 Å². The largest absolute Gasteiger partial charge is 0.315 e. The minimum absolute atomic E-state index is 0.851. The molecule has 0 aromatic rings. The van der Waals surface area contributed by atoms with Crippen LogP contribution in [0.1, 0.15) is 26.2 Å². The molecule has 12 heavy (non-hydrogen) atoms. The number of nitrogens with one attached hydrogen (secondary N) is 1. The molecule has 1 N–H and O–H groups in total. The van der Waals surface area contributed by atoms with Crippen molar-refractivity contribution in [1.29, 1.82) is 0 Å². The molecule has 70 valence electrons. The molecule has 1 unspecified atom stereocenters. The van der Waals surface area contributed by atoms with Crippen LogP contribution in [0.15, 0.2) is 0 Å². The fraction of sp³-hybridized carbons (Fsp3) is 1.00. The molecule has 0 saturated carbocycles. The standard InChI is InChI=1S/C10H20N2/c1-9-4-6-12(8-9)10-3-2-5-11-7-10/h9-11H,2-8H2,1H3/t9?,10-/m0/s1. The van der Waals surface area contributed by atoms with E-state index in [9.17, 15) is 0 Å². The Labute approximate surface area is 75.3 Å². The number of rotatable bonds is 1. The van der Waals surface area contributed by atoms with Gasteiger partial charge in [-0.15, -0.1) is 0 Å². The lowest BCUT2D eigenvalue weighted by Crippen LogP contribution is -2.44. The maximum absolute atomic E-state index is 3.48. The van der Waals surface area contributed by atoms with Gasteiger partial charge in [-0.3, -0.25) is 4.90 Å². The van der Waals surface area contributed by atoms with Crippen LogP contribution in [-0.4, -0.2) is 37.1 Å². The first-order valence-electron chi connectivity index (χ1n) is 5.31. The van der Waals surface area contributed by atoms with E-state index in [0.717, 1.165) is 12.0 Å². The summed E-state index contributed by atoms with van der Waals surface area (Å²) in [5.41, 5.74) is 0. The molecule has 2 atom stereocenters. The average Bonchev–Trinajstić information content (AvgIpc) is 2.54. The maximum Gasteiger partial charge on any atom is 0.0221 e. The second-order valence-corrected chi connectivity index (χ2v) is 4.39. The summed E-state index contributed by atoms with van der Waals surface area (Å²) in [6, 6.07) is 0.851. The van der Waals surface area contributed by atoms with Gasteiger partial charge >= 0.3 is 0 Å². The summed E-state index contributed by atoms with van der Waals surface area (Å²) in [6.07, 6.45) is 4.20. The lowest BCUT2D eigenvalue weighted by Gasteiger charge is -2.31. The summed E-state index contributed by atoms with van der Waals surface area (Å²) in [7, 11) is 0. The van der Waals surface area contributed by atoms with Crippen molar-refractivity contribution < 1.29 is 0 Å². The summed E-state index contributed by atoms with van der Waals surface area (Å²) in [4.78, 5) is 2.68. The van der Waals surface area contributed by atoms with E-state index < -0.39 is 0 Å². The molecule has 2 aliphatic heterocycles. The van der Waals surface area contributed by atoms with Crippen molar-refractivity contribution in [3.8, 4) is 0 Å². The van der Waals surface area contributed by atoms with Gasteiger partial charge in [0.1, 0.15) is 0 Å². The molecule has 0 aromatic heterocycles. The van der Waals surface area contributed by atoms with Crippen molar-refractivity contribution >= 4 is 0 Å². The summed E-state index contributed by atoms with van der Waals surface area (Å²) >= 11 is 0. The zero-order chi connectivity index (χ0) is 8.39. The van der Waals surface area contributed by atoms with Gasteiger partial charge < -0.3 is 5.32 Å². The number of piperidine rings is 1. The lowest BCUT2D eigenvalue weighted by molar-refractivity contribution is 0.197. The van der Waals surface area contributed by atoms with E-state index in [-0.39, 0.29) is 0 Å². The quantitative estimate of drug-likeness (QED) is 0.630. The van der Waals surface area contributed by atoms with Crippen molar-refractivity contribution in [2.24, 2.45) is 5.92 Å². The predicted octanol–water partition coefficient (Wildman–Crippen LogP) is 1.08. The van der Waals surface area contributed by atoms with Gasteiger partial charge in [-0.05, 0) is 38.3 Å². The average molecular weight is 168 g/mol. The third-order valence-electron chi connectivity index (χ3n) is 3.24. The first-order chi connectivity index (χ1) is 5.86. The molecule has 2 fully saturated rings. The van der Waals surface area contributed by atoms with Crippen LogP contribution >= 0.6 is 0 Å². The van der Waals surface area contributed by atoms with E-state index in [4.69, 9.17) is 0 Å². The van der Waals surface area contributed by atoms with E-state index >= 15 is 0 Å². The summed E-state index contributed by atoms with van der Waals surface area (Å²) in [5, 5.41) is 3.48. The Balaban J connectivity index is 1.83. The third kappa shape index (κ3) is 1.80.